The third-order valence-electron chi connectivity index (χ3n) is 5.64. The molecule has 2 aliphatic rings. The molecule has 0 aliphatic carbocycles. The van der Waals surface area contributed by atoms with Gasteiger partial charge in [-0.05, 0) is 43.2 Å². The highest BCUT2D eigenvalue weighted by Crippen LogP contribution is 2.35. The number of hydrogen-bond donors (Lipinski definition) is 0. The number of benzene rings is 1. The molecule has 2 aromatic heterocycles. The van der Waals surface area contributed by atoms with Crippen molar-refractivity contribution in [2.45, 2.75) is 25.4 Å². The molecule has 1 amide bonds. The van der Waals surface area contributed by atoms with Crippen LogP contribution < -0.4 is 15.0 Å². The van der Waals surface area contributed by atoms with Crippen LogP contribution in [-0.2, 0) is 6.54 Å². The molecule has 0 bridgehead atoms. The molecule has 8 heteroatoms. The SMILES string of the molecule is O=C(c1cccc2c1OCCO2)N1CCCC1Cn1nc(-c2cccnc2)ccc1=O. The zero-order valence-electron chi connectivity index (χ0n) is 16.9. The number of aromatic nitrogens is 3. The molecule has 0 radical (unpaired) electrons. The van der Waals surface area contributed by atoms with E-state index in [0.29, 0.717) is 49.1 Å². The highest BCUT2D eigenvalue weighted by Gasteiger charge is 2.33. The molecule has 0 spiro atoms. The summed E-state index contributed by atoms with van der Waals surface area (Å²) in [5.41, 5.74) is 1.81. The molecule has 1 saturated heterocycles. The van der Waals surface area contributed by atoms with Crippen LogP contribution in [0.1, 0.15) is 23.2 Å². The van der Waals surface area contributed by atoms with Gasteiger partial charge < -0.3 is 14.4 Å². The molecule has 31 heavy (non-hydrogen) atoms. The van der Waals surface area contributed by atoms with Gasteiger partial charge in [-0.25, -0.2) is 4.68 Å². The van der Waals surface area contributed by atoms with E-state index in [4.69, 9.17) is 9.47 Å². The molecule has 158 valence electrons. The van der Waals surface area contributed by atoms with Crippen LogP contribution in [-0.4, -0.2) is 51.4 Å². The van der Waals surface area contributed by atoms with E-state index in [-0.39, 0.29) is 17.5 Å². The van der Waals surface area contributed by atoms with Crippen molar-refractivity contribution < 1.29 is 14.3 Å². The first-order chi connectivity index (χ1) is 15.2. The Hall–Kier alpha value is -3.68. The summed E-state index contributed by atoms with van der Waals surface area (Å²) in [5.74, 6) is 0.981. The Balaban J connectivity index is 1.41. The quantitative estimate of drug-likeness (QED) is 0.647. The predicted octanol–water partition coefficient (Wildman–Crippen LogP) is 2.38. The second-order valence-corrected chi connectivity index (χ2v) is 7.60. The van der Waals surface area contributed by atoms with Crippen molar-refractivity contribution in [3.8, 4) is 22.8 Å². The van der Waals surface area contributed by atoms with Crippen molar-refractivity contribution >= 4 is 5.91 Å². The summed E-state index contributed by atoms with van der Waals surface area (Å²) in [7, 11) is 0. The predicted molar refractivity (Wildman–Crippen MR) is 113 cm³/mol. The number of likely N-dealkylation sites (tertiary alicyclic amines) is 1. The van der Waals surface area contributed by atoms with Crippen molar-refractivity contribution in [1.82, 2.24) is 19.7 Å². The van der Waals surface area contributed by atoms with Gasteiger partial charge >= 0.3 is 0 Å². The maximum atomic E-state index is 13.4. The Kier molecular flexibility index (Phi) is 5.11. The maximum Gasteiger partial charge on any atom is 0.266 e. The van der Waals surface area contributed by atoms with Gasteiger partial charge in [0.25, 0.3) is 11.5 Å². The Bertz CT molecular complexity index is 1160. The van der Waals surface area contributed by atoms with Gasteiger partial charge in [0, 0.05) is 30.6 Å². The average Bonchev–Trinajstić information content (AvgIpc) is 3.28. The second-order valence-electron chi connectivity index (χ2n) is 7.60. The maximum absolute atomic E-state index is 13.4. The third-order valence-corrected chi connectivity index (χ3v) is 5.64. The summed E-state index contributed by atoms with van der Waals surface area (Å²) in [5, 5.41) is 4.52. The Morgan fingerprint density at radius 3 is 2.87 bits per heavy atom. The normalized spacial score (nSPS) is 17.5. The fourth-order valence-corrected chi connectivity index (χ4v) is 4.14. The first-order valence-corrected chi connectivity index (χ1v) is 10.4. The largest absolute Gasteiger partial charge is 0.486 e. The van der Waals surface area contributed by atoms with Crippen molar-refractivity contribution in [2.75, 3.05) is 19.8 Å². The fraction of sp³-hybridized carbons (Fsp3) is 0.304. The number of carbonyl (C=O) groups excluding carboxylic acids is 1. The van der Waals surface area contributed by atoms with Gasteiger partial charge in [0.05, 0.1) is 23.8 Å². The lowest BCUT2D eigenvalue weighted by atomic mass is 10.1. The number of fused-ring (bicyclic) bond motifs is 1. The lowest BCUT2D eigenvalue weighted by Crippen LogP contribution is -2.40. The Morgan fingerprint density at radius 2 is 2.00 bits per heavy atom. The number of para-hydroxylation sites is 1. The average molecular weight is 418 g/mol. The molecule has 1 aromatic carbocycles. The summed E-state index contributed by atoms with van der Waals surface area (Å²) in [4.78, 5) is 31.8. The summed E-state index contributed by atoms with van der Waals surface area (Å²) in [6, 6.07) is 12.2. The highest BCUT2D eigenvalue weighted by atomic mass is 16.6. The van der Waals surface area contributed by atoms with E-state index in [1.807, 2.05) is 17.0 Å². The van der Waals surface area contributed by atoms with Crippen LogP contribution in [0.15, 0.2) is 59.7 Å². The molecule has 1 unspecified atom stereocenters. The zero-order chi connectivity index (χ0) is 21.2. The van der Waals surface area contributed by atoms with Crippen LogP contribution in [0, 0.1) is 0 Å². The van der Waals surface area contributed by atoms with Crippen molar-refractivity contribution in [3.05, 3.63) is 70.8 Å². The first kappa shape index (κ1) is 19.3. The molecule has 8 nitrogen and oxygen atoms in total. The zero-order valence-corrected chi connectivity index (χ0v) is 16.9. The number of carbonyl (C=O) groups is 1. The van der Waals surface area contributed by atoms with Gasteiger partial charge in [0.1, 0.15) is 13.2 Å². The molecule has 0 saturated carbocycles. The summed E-state index contributed by atoms with van der Waals surface area (Å²) < 4.78 is 12.8. The monoisotopic (exact) mass is 418 g/mol. The van der Waals surface area contributed by atoms with Gasteiger partial charge in [-0.3, -0.25) is 14.6 Å². The van der Waals surface area contributed by atoms with Crippen molar-refractivity contribution in [3.63, 3.8) is 0 Å². The molecular formula is C23H22N4O4. The minimum absolute atomic E-state index is 0.110. The number of hydrogen-bond acceptors (Lipinski definition) is 6. The van der Waals surface area contributed by atoms with E-state index in [1.54, 1.807) is 36.7 Å². The number of ether oxygens (including phenoxy) is 2. The summed E-state index contributed by atoms with van der Waals surface area (Å²) >= 11 is 0. The molecule has 2 aliphatic heterocycles. The van der Waals surface area contributed by atoms with E-state index in [1.165, 1.54) is 10.7 Å². The van der Waals surface area contributed by atoms with Crippen LogP contribution in [0.2, 0.25) is 0 Å². The number of rotatable bonds is 4. The molecule has 3 aromatic rings. The van der Waals surface area contributed by atoms with E-state index in [2.05, 4.69) is 10.1 Å². The molecule has 4 heterocycles. The minimum Gasteiger partial charge on any atom is -0.486 e. The van der Waals surface area contributed by atoms with Crippen molar-refractivity contribution in [2.24, 2.45) is 0 Å². The highest BCUT2D eigenvalue weighted by molar-refractivity contribution is 5.98. The van der Waals surface area contributed by atoms with Crippen molar-refractivity contribution in [1.29, 1.82) is 0 Å². The smallest absolute Gasteiger partial charge is 0.266 e. The first-order valence-electron chi connectivity index (χ1n) is 10.4. The van der Waals surface area contributed by atoms with Crippen LogP contribution in [0.4, 0.5) is 0 Å². The van der Waals surface area contributed by atoms with Gasteiger partial charge in [-0.1, -0.05) is 6.07 Å². The van der Waals surface area contributed by atoms with Crippen LogP contribution in [0.25, 0.3) is 11.3 Å². The molecule has 1 atom stereocenters. The molecular weight excluding hydrogens is 396 g/mol. The second kappa shape index (κ2) is 8.22. The number of nitrogens with zero attached hydrogens (tertiary/aromatic N) is 4. The number of pyridine rings is 1. The minimum atomic E-state index is -0.194. The summed E-state index contributed by atoms with van der Waals surface area (Å²) in [6.07, 6.45) is 5.09. The Morgan fingerprint density at radius 1 is 1.10 bits per heavy atom. The van der Waals surface area contributed by atoms with Crippen LogP contribution in [0.5, 0.6) is 11.5 Å². The van der Waals surface area contributed by atoms with Crippen LogP contribution in [0.3, 0.4) is 0 Å². The summed E-state index contributed by atoms with van der Waals surface area (Å²) in [6.45, 7) is 1.86. The lowest BCUT2D eigenvalue weighted by molar-refractivity contribution is 0.0710. The van der Waals surface area contributed by atoms with Gasteiger partial charge in [0.2, 0.25) is 0 Å². The topological polar surface area (TPSA) is 86.6 Å². The third kappa shape index (κ3) is 3.76. The van der Waals surface area contributed by atoms with E-state index in [0.717, 1.165) is 18.4 Å². The van der Waals surface area contributed by atoms with E-state index >= 15 is 0 Å². The number of amides is 1. The van der Waals surface area contributed by atoms with Gasteiger partial charge in [0.15, 0.2) is 11.5 Å². The van der Waals surface area contributed by atoms with Gasteiger partial charge in [-0.15, -0.1) is 0 Å². The molecule has 0 N–H and O–H groups in total. The standard InChI is InChI=1S/C23H22N4O4/c28-21-9-8-19(16-4-2-10-24-14-16)25-27(21)15-17-5-3-11-26(17)23(29)18-6-1-7-20-22(18)31-13-12-30-20/h1-2,4,6-10,14,17H,3,5,11-13,15H2. The Labute approximate surface area is 179 Å². The van der Waals surface area contributed by atoms with Crippen LogP contribution >= 0.6 is 0 Å². The molecule has 1 fully saturated rings. The fourth-order valence-electron chi connectivity index (χ4n) is 4.14. The van der Waals surface area contributed by atoms with E-state index < -0.39 is 0 Å². The van der Waals surface area contributed by atoms with Gasteiger partial charge in [-0.2, -0.15) is 5.10 Å². The lowest BCUT2D eigenvalue weighted by Gasteiger charge is -2.27. The molecule has 5 rings (SSSR count). The van der Waals surface area contributed by atoms with E-state index in [9.17, 15) is 9.59 Å².